The van der Waals surface area contributed by atoms with E-state index in [9.17, 15) is 0 Å². The van der Waals surface area contributed by atoms with Crippen molar-refractivity contribution in [2.24, 2.45) is 0 Å². The standard InChI is InChI=1S/C7H7.C3H7.ClH.Mg/c1-7-5-3-2-4-6-7;1-3-2;;/h2-5H,1H3;1,3H2,2H3;1H;. The summed E-state index contributed by atoms with van der Waals surface area (Å²) >= 11 is 0.0596. The Bertz CT molecular complexity index is 223. The fourth-order valence-corrected chi connectivity index (χ4v) is 2.81. The molecule has 0 aromatic heterocycles. The summed E-state index contributed by atoms with van der Waals surface area (Å²) < 4.78 is 3.10. The number of aryl methyl sites for hydroxylation is 1. The average molecular weight is 195 g/mol. The van der Waals surface area contributed by atoms with Crippen molar-refractivity contribution in [1.82, 2.24) is 0 Å². The first-order valence-corrected chi connectivity index (χ1v) is 6.10. The number of benzene rings is 1. The second-order valence-electron chi connectivity index (χ2n) is 3.03. The third kappa shape index (κ3) is 3.79. The van der Waals surface area contributed by atoms with E-state index in [1.54, 1.807) is 3.69 Å². The molecule has 12 heavy (non-hydrogen) atoms. The lowest BCUT2D eigenvalue weighted by atomic mass is 10.2. The molecular formula is C10H15ClMg. The monoisotopic (exact) mass is 194 g/mol. The number of halogens is 1. The normalized spacial score (nSPS) is 8.50. The molecule has 0 saturated heterocycles. The second kappa shape index (κ2) is 6.76. The summed E-state index contributed by atoms with van der Waals surface area (Å²) in [6, 6.07) is 8.79. The highest BCUT2D eigenvalue weighted by atomic mass is 35.5. The third-order valence-corrected chi connectivity index (χ3v) is 4.45. The van der Waals surface area contributed by atoms with Crippen molar-refractivity contribution in [1.29, 1.82) is 0 Å². The molecule has 1 rings (SSSR count). The molecule has 0 fully saturated rings. The Kier molecular flexibility index (Phi) is 6.91. The highest BCUT2D eigenvalue weighted by Crippen LogP contribution is 1.94. The van der Waals surface area contributed by atoms with Gasteiger partial charge >= 0.3 is 20.4 Å². The van der Waals surface area contributed by atoms with Crippen LogP contribution in [0.15, 0.2) is 24.3 Å². The van der Waals surface area contributed by atoms with E-state index in [1.807, 2.05) is 0 Å². The Labute approximate surface area is 90.9 Å². The van der Waals surface area contributed by atoms with Crippen molar-refractivity contribution in [2.75, 3.05) is 0 Å². The minimum absolute atomic E-state index is 0. The molecule has 2 heteroatoms. The maximum Gasteiger partial charge on any atom is 0.409 e. The van der Waals surface area contributed by atoms with Crippen molar-refractivity contribution >= 4 is 36.5 Å². The molecule has 64 valence electrons. The van der Waals surface area contributed by atoms with E-state index in [1.165, 1.54) is 16.5 Å². The van der Waals surface area contributed by atoms with E-state index in [0.29, 0.717) is 0 Å². The maximum atomic E-state index is 2.29. The van der Waals surface area contributed by atoms with E-state index in [-0.39, 0.29) is 32.8 Å². The lowest BCUT2D eigenvalue weighted by molar-refractivity contribution is 1.08. The van der Waals surface area contributed by atoms with Gasteiger partial charge in [-0.05, 0) is 6.92 Å². The Morgan fingerprint density at radius 3 is 2.50 bits per heavy atom. The first kappa shape index (κ1) is 12.3. The summed E-state index contributed by atoms with van der Waals surface area (Å²) in [5.74, 6) is 0. The zero-order valence-electron chi connectivity index (χ0n) is 7.84. The van der Waals surface area contributed by atoms with Gasteiger partial charge in [0.1, 0.15) is 0 Å². The molecule has 0 bridgehead atoms. The van der Waals surface area contributed by atoms with Gasteiger partial charge in [0.15, 0.2) is 0 Å². The molecular weight excluding hydrogens is 180 g/mol. The summed E-state index contributed by atoms with van der Waals surface area (Å²) in [5.41, 5.74) is 1.49. The fourth-order valence-electron chi connectivity index (χ4n) is 1.26. The van der Waals surface area contributed by atoms with Gasteiger partial charge < -0.3 is 0 Å². The predicted octanol–water partition coefficient (Wildman–Crippen LogP) is 2.57. The maximum absolute atomic E-state index is 2.29. The van der Waals surface area contributed by atoms with Gasteiger partial charge in [0, 0.05) is 0 Å². The van der Waals surface area contributed by atoms with E-state index < -0.39 is 0 Å². The van der Waals surface area contributed by atoms with Gasteiger partial charge in [-0.3, -0.25) is 0 Å². The smallest absolute Gasteiger partial charge is 0.171 e. The zero-order chi connectivity index (χ0) is 8.10. The molecule has 0 saturated carbocycles. The van der Waals surface area contributed by atoms with Crippen LogP contribution in [-0.2, 0) is 0 Å². The molecule has 0 unspecified atom stereocenters. The first-order chi connectivity index (χ1) is 5.34. The molecule has 0 N–H and O–H groups in total. The van der Waals surface area contributed by atoms with E-state index in [0.717, 1.165) is 0 Å². The van der Waals surface area contributed by atoms with Gasteiger partial charge in [0.05, 0.1) is 0 Å². The highest BCUT2D eigenvalue weighted by molar-refractivity contribution is 6.53. The summed E-state index contributed by atoms with van der Waals surface area (Å²) in [6.07, 6.45) is 1.35. The second-order valence-corrected chi connectivity index (χ2v) is 5.00. The van der Waals surface area contributed by atoms with Crippen molar-refractivity contribution in [3.8, 4) is 0 Å². The molecule has 0 nitrogen and oxygen atoms in total. The van der Waals surface area contributed by atoms with Crippen LogP contribution < -0.4 is 3.69 Å². The summed E-state index contributed by atoms with van der Waals surface area (Å²) in [7, 11) is 0. The molecule has 0 radical (unpaired) electrons. The molecule has 1 aromatic carbocycles. The van der Waals surface area contributed by atoms with Crippen LogP contribution in [0.2, 0.25) is 4.55 Å². The van der Waals surface area contributed by atoms with Crippen LogP contribution in [0.1, 0.15) is 18.9 Å². The topological polar surface area (TPSA) is 0 Å². The number of hydrogen-bond donors (Lipinski definition) is 0. The van der Waals surface area contributed by atoms with Crippen LogP contribution in [-0.4, -0.2) is 20.4 Å². The zero-order valence-corrected chi connectivity index (χ0v) is 10.1. The Morgan fingerprint density at radius 1 is 1.25 bits per heavy atom. The molecule has 0 spiro atoms. The molecule has 0 aliphatic heterocycles. The average Bonchev–Trinajstić information content (AvgIpc) is 2.03. The van der Waals surface area contributed by atoms with Gasteiger partial charge in [0.25, 0.3) is 0 Å². The fraction of sp³-hybridized carbons (Fsp3) is 0.400. The molecule has 0 heterocycles. The van der Waals surface area contributed by atoms with Crippen LogP contribution in [0.3, 0.4) is 0 Å². The lowest BCUT2D eigenvalue weighted by Gasteiger charge is -2.01. The Balaban J connectivity index is 0.00000121. The van der Waals surface area contributed by atoms with Crippen LogP contribution in [0, 0.1) is 6.92 Å². The molecule has 0 aliphatic carbocycles. The van der Waals surface area contributed by atoms with Crippen molar-refractivity contribution in [2.45, 2.75) is 24.8 Å². The minimum atomic E-state index is 0. The van der Waals surface area contributed by atoms with Gasteiger partial charge in [0.2, 0.25) is 0 Å². The van der Waals surface area contributed by atoms with Crippen molar-refractivity contribution < 1.29 is 0 Å². The van der Waals surface area contributed by atoms with Crippen molar-refractivity contribution in [3.63, 3.8) is 0 Å². The van der Waals surface area contributed by atoms with Crippen LogP contribution in [0.25, 0.3) is 0 Å². The summed E-state index contributed by atoms with van der Waals surface area (Å²) in [5, 5.41) is 0. The summed E-state index contributed by atoms with van der Waals surface area (Å²) in [6.45, 7) is 4.49. The molecule has 1 aromatic rings. The van der Waals surface area contributed by atoms with Crippen molar-refractivity contribution in [3.05, 3.63) is 29.8 Å². The SMILES string of the molecule is CC[CH2][Mg][c]1ccccc1C.Cl. The van der Waals surface area contributed by atoms with Gasteiger partial charge in [-0.1, -0.05) is 43.2 Å². The Morgan fingerprint density at radius 2 is 1.92 bits per heavy atom. The van der Waals surface area contributed by atoms with E-state index in [4.69, 9.17) is 0 Å². The first-order valence-electron chi connectivity index (χ1n) is 4.39. The van der Waals surface area contributed by atoms with Crippen LogP contribution in [0.5, 0.6) is 0 Å². The van der Waals surface area contributed by atoms with Gasteiger partial charge in [-0.15, -0.1) is 17.0 Å². The number of rotatable bonds is 3. The predicted molar refractivity (Wildman–Crippen MR) is 58.9 cm³/mol. The Hall–Kier alpha value is 0.276. The van der Waals surface area contributed by atoms with Crippen LogP contribution >= 0.6 is 12.4 Å². The molecule has 0 aliphatic rings. The highest BCUT2D eigenvalue weighted by Gasteiger charge is 1.98. The minimum Gasteiger partial charge on any atom is -0.171 e. The summed E-state index contributed by atoms with van der Waals surface area (Å²) in [4.78, 5) is 0. The van der Waals surface area contributed by atoms with E-state index in [2.05, 4.69) is 38.1 Å². The van der Waals surface area contributed by atoms with E-state index >= 15 is 0 Å². The third-order valence-electron chi connectivity index (χ3n) is 2.06. The molecule has 0 amide bonds. The largest absolute Gasteiger partial charge is 0.409 e. The number of hydrogen-bond acceptors (Lipinski definition) is 0. The van der Waals surface area contributed by atoms with Crippen LogP contribution in [0.4, 0.5) is 0 Å². The van der Waals surface area contributed by atoms with Gasteiger partial charge in [-0.25, -0.2) is 0 Å². The van der Waals surface area contributed by atoms with Gasteiger partial charge in [-0.2, -0.15) is 3.69 Å². The lowest BCUT2D eigenvalue weighted by Crippen LogP contribution is -2.16. The quantitative estimate of drug-likeness (QED) is 0.650. The molecule has 0 atom stereocenters.